The van der Waals surface area contributed by atoms with Crippen LogP contribution in [-0.2, 0) is 0 Å². The van der Waals surface area contributed by atoms with Crippen LogP contribution in [0.3, 0.4) is 0 Å². The van der Waals surface area contributed by atoms with E-state index in [1.54, 1.807) is 0 Å². The van der Waals surface area contributed by atoms with E-state index in [1.807, 2.05) is 18.7 Å². The first-order valence-corrected chi connectivity index (χ1v) is 5.63. The summed E-state index contributed by atoms with van der Waals surface area (Å²) < 4.78 is 5.03. The third kappa shape index (κ3) is 2.09. The van der Waals surface area contributed by atoms with Crippen LogP contribution < -0.4 is 5.32 Å². The van der Waals surface area contributed by atoms with Crippen molar-refractivity contribution in [3.05, 3.63) is 17.0 Å². The van der Waals surface area contributed by atoms with Crippen LogP contribution in [0.25, 0.3) is 0 Å². The Morgan fingerprint density at radius 1 is 1.38 bits per heavy atom. The minimum absolute atomic E-state index is 0.0157. The number of aryl methyl sites for hydroxylation is 1. The zero-order chi connectivity index (χ0) is 11.5. The zero-order valence-electron chi connectivity index (χ0n) is 9.75. The van der Waals surface area contributed by atoms with Crippen molar-refractivity contribution in [2.45, 2.75) is 20.3 Å². The lowest BCUT2D eigenvalue weighted by Gasteiger charge is -2.18. The van der Waals surface area contributed by atoms with Gasteiger partial charge in [-0.25, -0.2) is 0 Å². The number of hydrogen-bond donors (Lipinski definition) is 1. The largest absolute Gasteiger partial charge is 0.361 e. The smallest absolute Gasteiger partial charge is 0.276 e. The average Bonchev–Trinajstić information content (AvgIpc) is 2.53. The lowest BCUT2D eigenvalue weighted by molar-refractivity contribution is 0.0755. The van der Waals surface area contributed by atoms with Gasteiger partial charge in [0.05, 0.1) is 0 Å². The van der Waals surface area contributed by atoms with Crippen molar-refractivity contribution in [3.63, 3.8) is 0 Å². The van der Waals surface area contributed by atoms with Gasteiger partial charge in [0.15, 0.2) is 5.69 Å². The average molecular weight is 223 g/mol. The number of carbonyl (C=O) groups excluding carboxylic acids is 1. The van der Waals surface area contributed by atoms with Crippen LogP contribution in [0, 0.1) is 13.8 Å². The minimum atomic E-state index is -0.0157. The summed E-state index contributed by atoms with van der Waals surface area (Å²) in [7, 11) is 0. The van der Waals surface area contributed by atoms with Gasteiger partial charge in [-0.1, -0.05) is 5.16 Å². The van der Waals surface area contributed by atoms with E-state index in [4.69, 9.17) is 4.52 Å². The Kier molecular flexibility index (Phi) is 3.24. The highest BCUT2D eigenvalue weighted by molar-refractivity contribution is 5.93. The summed E-state index contributed by atoms with van der Waals surface area (Å²) in [6.45, 7) is 7.04. The molecular weight excluding hydrogens is 206 g/mol. The second-order valence-electron chi connectivity index (χ2n) is 4.11. The maximum atomic E-state index is 12.2. The Hall–Kier alpha value is -1.36. The Morgan fingerprint density at radius 2 is 2.19 bits per heavy atom. The molecular formula is C11H17N3O2. The van der Waals surface area contributed by atoms with Crippen LogP contribution in [0.2, 0.25) is 0 Å². The van der Waals surface area contributed by atoms with Gasteiger partial charge in [0.25, 0.3) is 5.91 Å². The second-order valence-corrected chi connectivity index (χ2v) is 4.11. The van der Waals surface area contributed by atoms with Crippen molar-refractivity contribution in [1.29, 1.82) is 0 Å². The molecule has 5 heteroatoms. The topological polar surface area (TPSA) is 58.4 Å². The third-order valence-corrected chi connectivity index (χ3v) is 2.99. The Bertz CT molecular complexity index is 379. The third-order valence-electron chi connectivity index (χ3n) is 2.99. The molecule has 1 saturated heterocycles. The molecule has 0 atom stereocenters. The molecule has 1 aromatic rings. The molecule has 2 heterocycles. The van der Waals surface area contributed by atoms with Gasteiger partial charge in [-0.3, -0.25) is 4.79 Å². The molecule has 16 heavy (non-hydrogen) atoms. The highest BCUT2D eigenvalue weighted by Crippen LogP contribution is 2.14. The number of nitrogens with zero attached hydrogens (tertiary/aromatic N) is 2. The highest BCUT2D eigenvalue weighted by atomic mass is 16.5. The fourth-order valence-electron chi connectivity index (χ4n) is 1.82. The summed E-state index contributed by atoms with van der Waals surface area (Å²) in [5.41, 5.74) is 1.31. The molecule has 0 aliphatic carbocycles. The number of carbonyl (C=O) groups is 1. The highest BCUT2D eigenvalue weighted by Gasteiger charge is 2.22. The van der Waals surface area contributed by atoms with Gasteiger partial charge < -0.3 is 14.7 Å². The van der Waals surface area contributed by atoms with Crippen LogP contribution in [-0.4, -0.2) is 42.1 Å². The number of aromatic nitrogens is 1. The van der Waals surface area contributed by atoms with Crippen molar-refractivity contribution < 1.29 is 9.32 Å². The molecule has 0 unspecified atom stereocenters. The van der Waals surface area contributed by atoms with Crippen molar-refractivity contribution in [2.24, 2.45) is 0 Å². The molecule has 1 aromatic heterocycles. The lowest BCUT2D eigenvalue weighted by Crippen LogP contribution is -2.34. The predicted molar refractivity (Wildman–Crippen MR) is 59.4 cm³/mol. The van der Waals surface area contributed by atoms with Crippen LogP contribution in [0.15, 0.2) is 4.52 Å². The molecule has 0 spiro atoms. The van der Waals surface area contributed by atoms with Crippen molar-refractivity contribution in [1.82, 2.24) is 15.4 Å². The summed E-state index contributed by atoms with van der Waals surface area (Å²) in [5.74, 6) is 0.703. The SMILES string of the molecule is Cc1onc(C(=O)N2CCCNCC2)c1C. The van der Waals surface area contributed by atoms with Gasteiger partial charge in [0, 0.05) is 25.2 Å². The Labute approximate surface area is 94.8 Å². The summed E-state index contributed by atoms with van der Waals surface area (Å²) in [5, 5.41) is 7.10. The molecule has 2 rings (SSSR count). The lowest BCUT2D eigenvalue weighted by atomic mass is 10.2. The van der Waals surface area contributed by atoms with Gasteiger partial charge in [-0.15, -0.1) is 0 Å². The van der Waals surface area contributed by atoms with Crippen LogP contribution in [0.1, 0.15) is 28.2 Å². The van der Waals surface area contributed by atoms with E-state index in [0.29, 0.717) is 5.69 Å². The Balaban J connectivity index is 2.14. The van der Waals surface area contributed by atoms with Gasteiger partial charge in [-0.05, 0) is 26.8 Å². The number of nitrogens with one attached hydrogen (secondary N) is 1. The van der Waals surface area contributed by atoms with E-state index in [2.05, 4.69) is 10.5 Å². The molecule has 5 nitrogen and oxygen atoms in total. The van der Waals surface area contributed by atoms with Crippen LogP contribution >= 0.6 is 0 Å². The second kappa shape index (κ2) is 4.65. The van der Waals surface area contributed by atoms with Gasteiger partial charge >= 0.3 is 0 Å². The van der Waals surface area contributed by atoms with Crippen LogP contribution in [0.4, 0.5) is 0 Å². The van der Waals surface area contributed by atoms with E-state index in [-0.39, 0.29) is 5.91 Å². The fraction of sp³-hybridized carbons (Fsp3) is 0.636. The molecule has 1 N–H and O–H groups in total. The Morgan fingerprint density at radius 3 is 2.88 bits per heavy atom. The molecule has 0 aromatic carbocycles. The van der Waals surface area contributed by atoms with Crippen molar-refractivity contribution in [2.75, 3.05) is 26.2 Å². The molecule has 0 radical (unpaired) electrons. The van der Waals surface area contributed by atoms with Crippen LogP contribution in [0.5, 0.6) is 0 Å². The van der Waals surface area contributed by atoms with E-state index >= 15 is 0 Å². The molecule has 0 bridgehead atoms. The summed E-state index contributed by atoms with van der Waals surface area (Å²) in [4.78, 5) is 14.0. The molecule has 1 aliphatic heterocycles. The normalized spacial score (nSPS) is 17.2. The molecule has 88 valence electrons. The number of hydrogen-bond acceptors (Lipinski definition) is 4. The van der Waals surface area contributed by atoms with Crippen molar-refractivity contribution >= 4 is 5.91 Å². The number of amides is 1. The monoisotopic (exact) mass is 223 g/mol. The molecule has 0 saturated carbocycles. The first-order chi connectivity index (χ1) is 7.70. The van der Waals surface area contributed by atoms with Gasteiger partial charge in [0.2, 0.25) is 0 Å². The standard InChI is InChI=1S/C11H17N3O2/c1-8-9(2)16-13-10(8)11(15)14-6-3-4-12-5-7-14/h12H,3-7H2,1-2H3. The van der Waals surface area contributed by atoms with Gasteiger partial charge in [0.1, 0.15) is 5.76 Å². The quantitative estimate of drug-likeness (QED) is 0.762. The fourth-order valence-corrected chi connectivity index (χ4v) is 1.82. The first kappa shape index (κ1) is 11.1. The van der Waals surface area contributed by atoms with E-state index < -0.39 is 0 Å². The maximum Gasteiger partial charge on any atom is 0.276 e. The predicted octanol–water partition coefficient (Wildman–Crippen LogP) is 0.727. The van der Waals surface area contributed by atoms with E-state index in [9.17, 15) is 4.79 Å². The first-order valence-electron chi connectivity index (χ1n) is 5.63. The summed E-state index contributed by atoms with van der Waals surface area (Å²) in [6, 6.07) is 0. The molecule has 1 amide bonds. The maximum absolute atomic E-state index is 12.2. The number of rotatable bonds is 1. The molecule has 1 aliphatic rings. The van der Waals surface area contributed by atoms with E-state index in [0.717, 1.165) is 43.9 Å². The zero-order valence-corrected chi connectivity index (χ0v) is 9.75. The summed E-state index contributed by atoms with van der Waals surface area (Å²) in [6.07, 6.45) is 0.988. The van der Waals surface area contributed by atoms with Crippen molar-refractivity contribution in [3.8, 4) is 0 Å². The summed E-state index contributed by atoms with van der Waals surface area (Å²) >= 11 is 0. The minimum Gasteiger partial charge on any atom is -0.361 e. The molecule has 1 fully saturated rings. The van der Waals surface area contributed by atoms with E-state index in [1.165, 1.54) is 0 Å². The van der Waals surface area contributed by atoms with Gasteiger partial charge in [-0.2, -0.15) is 0 Å².